The van der Waals surface area contributed by atoms with Crippen LogP contribution in [0.3, 0.4) is 0 Å². The van der Waals surface area contributed by atoms with Gasteiger partial charge in [-0.1, -0.05) is 18.6 Å². The molecule has 0 radical (unpaired) electrons. The fourth-order valence-electron chi connectivity index (χ4n) is 4.11. The third-order valence-electron chi connectivity index (χ3n) is 5.39. The van der Waals surface area contributed by atoms with E-state index in [1.165, 1.54) is 25.8 Å². The summed E-state index contributed by atoms with van der Waals surface area (Å²) >= 11 is 0. The first-order valence-corrected chi connectivity index (χ1v) is 8.83. The minimum Gasteiger partial charge on any atom is -0.449 e. The van der Waals surface area contributed by atoms with Crippen LogP contribution in [0.15, 0.2) is 29.1 Å². The summed E-state index contributed by atoms with van der Waals surface area (Å²) in [5, 5.41) is 0. The molecule has 2 unspecified atom stereocenters. The molecule has 4 rings (SSSR count). The molecule has 1 N–H and O–H groups in total. The first-order chi connectivity index (χ1) is 11.7. The molecule has 7 heteroatoms. The van der Waals surface area contributed by atoms with Gasteiger partial charge in [-0.15, -0.1) is 12.4 Å². The topological polar surface area (TPSA) is 67.3 Å². The number of imidazole rings is 1. The lowest BCUT2D eigenvalue weighted by Gasteiger charge is -2.42. The van der Waals surface area contributed by atoms with Crippen LogP contribution in [0.5, 0.6) is 0 Å². The molecule has 2 aliphatic heterocycles. The molecular formula is C18H24ClN3O3. The number of halogens is 1. The summed E-state index contributed by atoms with van der Waals surface area (Å²) in [4.78, 5) is 29.7. The smallest absolute Gasteiger partial charge is 0.422 e. The zero-order valence-corrected chi connectivity index (χ0v) is 15.0. The van der Waals surface area contributed by atoms with Crippen LogP contribution in [0.25, 0.3) is 11.0 Å². The van der Waals surface area contributed by atoms with E-state index in [0.717, 1.165) is 24.0 Å². The van der Waals surface area contributed by atoms with Crippen LogP contribution in [-0.2, 0) is 4.74 Å². The van der Waals surface area contributed by atoms with Gasteiger partial charge in [0, 0.05) is 6.04 Å². The largest absolute Gasteiger partial charge is 0.449 e. The second kappa shape index (κ2) is 7.62. The highest BCUT2D eigenvalue weighted by atomic mass is 35.5. The van der Waals surface area contributed by atoms with E-state index < -0.39 is 11.8 Å². The molecule has 2 aromatic rings. The van der Waals surface area contributed by atoms with Crippen LogP contribution in [0.1, 0.15) is 32.1 Å². The van der Waals surface area contributed by atoms with Gasteiger partial charge in [-0.3, -0.25) is 0 Å². The third-order valence-corrected chi connectivity index (χ3v) is 5.39. The summed E-state index contributed by atoms with van der Waals surface area (Å²) in [6.45, 7) is 2.71. The quantitative estimate of drug-likeness (QED) is 0.888. The van der Waals surface area contributed by atoms with E-state index >= 15 is 0 Å². The molecule has 1 aromatic carbocycles. The van der Waals surface area contributed by atoms with E-state index in [0.29, 0.717) is 29.6 Å². The van der Waals surface area contributed by atoms with Crippen molar-refractivity contribution in [1.29, 1.82) is 0 Å². The number of hydrogen-bond acceptors (Lipinski definition) is 4. The van der Waals surface area contributed by atoms with E-state index in [4.69, 9.17) is 4.74 Å². The predicted molar refractivity (Wildman–Crippen MR) is 98.5 cm³/mol. The number of rotatable bonds is 2. The molecule has 2 saturated heterocycles. The maximum atomic E-state index is 12.4. The Bertz CT molecular complexity index is 800. The molecule has 136 valence electrons. The van der Waals surface area contributed by atoms with Gasteiger partial charge in [0.25, 0.3) is 0 Å². The van der Waals surface area contributed by atoms with Crippen molar-refractivity contribution in [2.24, 2.45) is 5.92 Å². The molecule has 0 bridgehead atoms. The number of para-hydroxylation sites is 2. The van der Waals surface area contributed by atoms with Gasteiger partial charge in [-0.25, -0.2) is 9.59 Å². The molecular weight excluding hydrogens is 342 g/mol. The molecule has 1 aromatic heterocycles. The maximum Gasteiger partial charge on any atom is 0.422 e. The SMILES string of the molecule is Cl.O=C(OCC1CCN2CCCCC2C1)n1c(=O)[nH]c2ccccc21. The number of H-pyrrole nitrogens is 1. The van der Waals surface area contributed by atoms with Crippen molar-refractivity contribution in [1.82, 2.24) is 14.5 Å². The first kappa shape index (κ1) is 18.0. The first-order valence-electron chi connectivity index (χ1n) is 8.83. The van der Waals surface area contributed by atoms with Crippen molar-refractivity contribution in [2.75, 3.05) is 19.7 Å². The van der Waals surface area contributed by atoms with E-state index in [9.17, 15) is 9.59 Å². The van der Waals surface area contributed by atoms with Crippen LogP contribution in [0.4, 0.5) is 4.79 Å². The number of nitrogens with one attached hydrogen (secondary N) is 1. The Labute approximate surface area is 152 Å². The zero-order valence-electron chi connectivity index (χ0n) is 14.1. The average molecular weight is 366 g/mol. The summed E-state index contributed by atoms with van der Waals surface area (Å²) in [5.74, 6) is 0.397. The van der Waals surface area contributed by atoms with Gasteiger partial charge < -0.3 is 14.6 Å². The highest BCUT2D eigenvalue weighted by Gasteiger charge is 2.30. The number of ether oxygens (including phenoxy) is 1. The molecule has 0 spiro atoms. The van der Waals surface area contributed by atoms with Crippen molar-refractivity contribution in [3.63, 3.8) is 0 Å². The number of aromatic nitrogens is 2. The van der Waals surface area contributed by atoms with Crippen molar-refractivity contribution >= 4 is 29.5 Å². The monoisotopic (exact) mass is 365 g/mol. The Kier molecular flexibility index (Phi) is 5.49. The standard InChI is InChI=1S/C18H23N3O3.ClH/c22-17-19-15-6-1-2-7-16(15)21(17)18(23)24-12-13-8-10-20-9-4-3-5-14(20)11-13;/h1-2,6-7,13-14H,3-5,8-12H2,(H,19,22);1H. The van der Waals surface area contributed by atoms with E-state index in [1.54, 1.807) is 18.2 Å². The lowest BCUT2D eigenvalue weighted by molar-refractivity contribution is 0.0478. The summed E-state index contributed by atoms with van der Waals surface area (Å²) < 4.78 is 6.57. The maximum absolute atomic E-state index is 12.4. The number of carbonyl (C=O) groups is 1. The van der Waals surface area contributed by atoms with Crippen LogP contribution >= 0.6 is 12.4 Å². The third kappa shape index (κ3) is 3.60. The Balaban J connectivity index is 0.00000182. The Morgan fingerprint density at radius 3 is 2.92 bits per heavy atom. The van der Waals surface area contributed by atoms with Crippen LogP contribution in [0.2, 0.25) is 0 Å². The normalized spacial score (nSPS) is 23.7. The van der Waals surface area contributed by atoms with E-state index in [1.807, 2.05) is 6.07 Å². The van der Waals surface area contributed by atoms with Gasteiger partial charge in [0.15, 0.2) is 0 Å². The number of piperidine rings is 2. The highest BCUT2D eigenvalue weighted by molar-refractivity contribution is 5.86. The number of fused-ring (bicyclic) bond motifs is 2. The van der Waals surface area contributed by atoms with Gasteiger partial charge in [-0.05, 0) is 56.8 Å². The Morgan fingerprint density at radius 1 is 1.20 bits per heavy atom. The molecule has 6 nitrogen and oxygen atoms in total. The van der Waals surface area contributed by atoms with Gasteiger partial charge in [0.1, 0.15) is 0 Å². The second-order valence-electron chi connectivity index (χ2n) is 6.94. The summed E-state index contributed by atoms with van der Waals surface area (Å²) in [5.41, 5.74) is 0.771. The molecule has 3 heterocycles. The van der Waals surface area contributed by atoms with Crippen molar-refractivity contribution < 1.29 is 9.53 Å². The minimum absolute atomic E-state index is 0. The predicted octanol–water partition coefficient (Wildman–Crippen LogP) is 3.00. The molecule has 2 atom stereocenters. The lowest BCUT2D eigenvalue weighted by Crippen LogP contribution is -2.46. The van der Waals surface area contributed by atoms with Gasteiger partial charge in [-0.2, -0.15) is 4.57 Å². The van der Waals surface area contributed by atoms with Gasteiger partial charge in [0.2, 0.25) is 0 Å². The molecule has 25 heavy (non-hydrogen) atoms. The van der Waals surface area contributed by atoms with Crippen molar-refractivity contribution in [3.8, 4) is 0 Å². The molecule has 2 fully saturated rings. The number of hydrogen-bond donors (Lipinski definition) is 1. The van der Waals surface area contributed by atoms with Gasteiger partial charge >= 0.3 is 11.8 Å². The summed E-state index contributed by atoms with van der Waals surface area (Å²) in [7, 11) is 0. The average Bonchev–Trinajstić information content (AvgIpc) is 2.95. The van der Waals surface area contributed by atoms with Crippen LogP contribution in [0, 0.1) is 5.92 Å². The highest BCUT2D eigenvalue weighted by Crippen LogP contribution is 2.29. The molecule has 0 amide bonds. The fraction of sp³-hybridized carbons (Fsp3) is 0.556. The van der Waals surface area contributed by atoms with Crippen molar-refractivity contribution in [2.45, 2.75) is 38.1 Å². The number of aromatic amines is 1. The van der Waals surface area contributed by atoms with Gasteiger partial charge in [0.05, 0.1) is 17.6 Å². The van der Waals surface area contributed by atoms with Crippen LogP contribution in [-0.4, -0.2) is 46.3 Å². The fourth-order valence-corrected chi connectivity index (χ4v) is 4.11. The Hall–Kier alpha value is -1.79. The molecule has 0 aliphatic carbocycles. The van der Waals surface area contributed by atoms with E-state index in [2.05, 4.69) is 9.88 Å². The number of carbonyl (C=O) groups excluding carboxylic acids is 1. The Morgan fingerprint density at radius 2 is 2.04 bits per heavy atom. The molecule has 2 aliphatic rings. The molecule has 0 saturated carbocycles. The summed E-state index contributed by atoms with van der Waals surface area (Å²) in [6, 6.07) is 7.80. The van der Waals surface area contributed by atoms with E-state index in [-0.39, 0.29) is 12.4 Å². The lowest BCUT2D eigenvalue weighted by atomic mass is 9.86. The number of benzene rings is 1. The van der Waals surface area contributed by atoms with Crippen molar-refractivity contribution in [3.05, 3.63) is 34.7 Å². The second-order valence-corrected chi connectivity index (χ2v) is 6.94. The zero-order chi connectivity index (χ0) is 16.5. The summed E-state index contributed by atoms with van der Waals surface area (Å²) in [6.07, 6.45) is 5.44. The number of nitrogens with zero attached hydrogens (tertiary/aromatic N) is 2. The van der Waals surface area contributed by atoms with Crippen LogP contribution < -0.4 is 5.69 Å². The minimum atomic E-state index is -0.580.